The fraction of sp³-hybridized carbons (Fsp3) is 0.278. The van der Waals surface area contributed by atoms with Gasteiger partial charge < -0.3 is 4.74 Å². The highest BCUT2D eigenvalue weighted by molar-refractivity contribution is 7.89. The third-order valence-electron chi connectivity index (χ3n) is 4.42. The summed E-state index contributed by atoms with van der Waals surface area (Å²) in [6.45, 7) is 3.26. The van der Waals surface area contributed by atoms with Gasteiger partial charge in [-0.1, -0.05) is 11.3 Å². The number of aromatic nitrogens is 4. The quantitative estimate of drug-likeness (QED) is 0.645. The molecule has 0 amide bonds. The van der Waals surface area contributed by atoms with E-state index in [0.717, 1.165) is 17.0 Å². The summed E-state index contributed by atoms with van der Waals surface area (Å²) in [5.41, 5.74) is 1.67. The maximum Gasteiger partial charge on any atom is 0.260 e. The van der Waals surface area contributed by atoms with Crippen molar-refractivity contribution < 1.29 is 13.2 Å². The van der Waals surface area contributed by atoms with Crippen molar-refractivity contribution in [3.8, 4) is 17.0 Å². The van der Waals surface area contributed by atoms with Gasteiger partial charge in [-0.15, -0.1) is 5.10 Å². The van der Waals surface area contributed by atoms with Crippen molar-refractivity contribution in [2.45, 2.75) is 18.0 Å². The standard InChI is InChI=1S/C18H19N5O3S/c1-2-26-16-8-6-14(7-9-16)17-13-23(21-20-17)15-11-22(12-15)27(24,25)18-5-3-4-10-19-18/h3-10,13,15H,2,11-12H2,1H3. The lowest BCUT2D eigenvalue weighted by molar-refractivity contribution is 0.188. The summed E-state index contributed by atoms with van der Waals surface area (Å²) in [6, 6.07) is 12.5. The number of pyridine rings is 1. The van der Waals surface area contributed by atoms with Crippen molar-refractivity contribution in [2.24, 2.45) is 0 Å². The van der Waals surface area contributed by atoms with Gasteiger partial charge >= 0.3 is 0 Å². The van der Waals surface area contributed by atoms with E-state index in [4.69, 9.17) is 4.74 Å². The Morgan fingerprint density at radius 2 is 1.93 bits per heavy atom. The van der Waals surface area contributed by atoms with E-state index in [-0.39, 0.29) is 11.1 Å². The van der Waals surface area contributed by atoms with Crippen LogP contribution >= 0.6 is 0 Å². The molecular formula is C18H19N5O3S. The predicted molar refractivity (Wildman–Crippen MR) is 98.7 cm³/mol. The first kappa shape index (κ1) is 17.6. The second-order valence-electron chi connectivity index (χ2n) is 6.19. The molecule has 2 aromatic heterocycles. The van der Waals surface area contributed by atoms with E-state index in [1.807, 2.05) is 37.4 Å². The SMILES string of the molecule is CCOc1ccc(-c2cn(C3CN(S(=O)(=O)c4ccccn4)C3)nn2)cc1. The van der Waals surface area contributed by atoms with Gasteiger partial charge in [-0.2, -0.15) is 4.31 Å². The Balaban J connectivity index is 1.43. The summed E-state index contributed by atoms with van der Waals surface area (Å²) in [5.74, 6) is 0.808. The second-order valence-corrected chi connectivity index (χ2v) is 8.07. The molecule has 0 bridgehead atoms. The summed E-state index contributed by atoms with van der Waals surface area (Å²) < 4.78 is 33.6. The van der Waals surface area contributed by atoms with Crippen LogP contribution in [0.15, 0.2) is 59.9 Å². The maximum absolute atomic E-state index is 12.5. The molecule has 8 nitrogen and oxygen atoms in total. The lowest BCUT2D eigenvalue weighted by Gasteiger charge is -2.37. The first-order chi connectivity index (χ1) is 13.1. The maximum atomic E-state index is 12.5. The van der Waals surface area contributed by atoms with Gasteiger partial charge in [0.05, 0.1) is 18.8 Å². The van der Waals surface area contributed by atoms with Crippen LogP contribution < -0.4 is 4.74 Å². The molecule has 27 heavy (non-hydrogen) atoms. The number of rotatable bonds is 6. The average molecular weight is 385 g/mol. The van der Waals surface area contributed by atoms with E-state index in [2.05, 4.69) is 15.3 Å². The summed E-state index contributed by atoms with van der Waals surface area (Å²) in [7, 11) is -3.55. The molecule has 0 unspecified atom stereocenters. The second kappa shape index (κ2) is 7.09. The Hall–Kier alpha value is -2.78. The van der Waals surface area contributed by atoms with Crippen LogP contribution in [0.5, 0.6) is 5.75 Å². The first-order valence-electron chi connectivity index (χ1n) is 8.64. The van der Waals surface area contributed by atoms with E-state index < -0.39 is 10.0 Å². The van der Waals surface area contributed by atoms with E-state index in [9.17, 15) is 8.42 Å². The van der Waals surface area contributed by atoms with Crippen LogP contribution in [0, 0.1) is 0 Å². The Morgan fingerprint density at radius 1 is 1.15 bits per heavy atom. The van der Waals surface area contributed by atoms with E-state index in [0.29, 0.717) is 19.7 Å². The molecule has 4 rings (SSSR count). The smallest absolute Gasteiger partial charge is 0.260 e. The lowest BCUT2D eigenvalue weighted by Crippen LogP contribution is -2.50. The van der Waals surface area contributed by atoms with Gasteiger partial charge in [-0.05, 0) is 43.3 Å². The van der Waals surface area contributed by atoms with Crippen LogP contribution in [0.3, 0.4) is 0 Å². The largest absolute Gasteiger partial charge is 0.494 e. The summed E-state index contributed by atoms with van der Waals surface area (Å²) >= 11 is 0. The average Bonchev–Trinajstić information content (AvgIpc) is 3.11. The summed E-state index contributed by atoms with van der Waals surface area (Å²) in [4.78, 5) is 3.94. The molecule has 1 aliphatic heterocycles. The van der Waals surface area contributed by atoms with E-state index >= 15 is 0 Å². The molecule has 9 heteroatoms. The molecule has 1 fully saturated rings. The molecule has 3 heterocycles. The van der Waals surface area contributed by atoms with Crippen LogP contribution in [0.25, 0.3) is 11.3 Å². The van der Waals surface area contributed by atoms with Crippen molar-refractivity contribution in [1.29, 1.82) is 0 Å². The monoisotopic (exact) mass is 385 g/mol. The minimum atomic E-state index is -3.55. The normalized spacial score (nSPS) is 15.4. The molecule has 1 aliphatic rings. The van der Waals surface area contributed by atoms with Gasteiger partial charge in [-0.25, -0.2) is 18.1 Å². The minimum Gasteiger partial charge on any atom is -0.494 e. The van der Waals surface area contributed by atoms with Crippen LogP contribution in [-0.2, 0) is 10.0 Å². The number of benzene rings is 1. The van der Waals surface area contributed by atoms with Crippen molar-refractivity contribution in [3.63, 3.8) is 0 Å². The van der Waals surface area contributed by atoms with Crippen molar-refractivity contribution in [3.05, 3.63) is 54.9 Å². The van der Waals surface area contributed by atoms with Gasteiger partial charge in [0.2, 0.25) is 0 Å². The minimum absolute atomic E-state index is 0.0348. The van der Waals surface area contributed by atoms with Gasteiger partial charge in [0.1, 0.15) is 11.4 Å². The number of hydrogen-bond donors (Lipinski definition) is 0. The summed E-state index contributed by atoms with van der Waals surface area (Å²) in [5, 5.41) is 8.43. The Morgan fingerprint density at radius 3 is 2.59 bits per heavy atom. The molecule has 0 aliphatic carbocycles. The Kier molecular flexibility index (Phi) is 4.63. The molecule has 1 aromatic carbocycles. The van der Waals surface area contributed by atoms with Crippen molar-refractivity contribution in [2.75, 3.05) is 19.7 Å². The Labute approximate surface area is 157 Å². The third-order valence-corrected chi connectivity index (χ3v) is 6.16. The molecule has 0 N–H and O–H groups in total. The van der Waals surface area contributed by atoms with Crippen molar-refractivity contribution in [1.82, 2.24) is 24.3 Å². The molecule has 140 valence electrons. The third kappa shape index (κ3) is 3.43. The fourth-order valence-corrected chi connectivity index (χ4v) is 4.33. The molecule has 0 spiro atoms. The zero-order chi connectivity index (χ0) is 18.9. The van der Waals surface area contributed by atoms with Crippen LogP contribution in [0.2, 0.25) is 0 Å². The fourth-order valence-electron chi connectivity index (χ4n) is 2.89. The molecule has 3 aromatic rings. The van der Waals surface area contributed by atoms with Crippen LogP contribution in [-0.4, -0.2) is 52.4 Å². The highest BCUT2D eigenvalue weighted by Gasteiger charge is 2.39. The van der Waals surface area contributed by atoms with E-state index in [1.165, 1.54) is 16.6 Å². The van der Waals surface area contributed by atoms with Crippen molar-refractivity contribution >= 4 is 10.0 Å². The number of ether oxygens (including phenoxy) is 1. The van der Waals surface area contributed by atoms with E-state index in [1.54, 1.807) is 16.8 Å². The number of sulfonamides is 1. The highest BCUT2D eigenvalue weighted by Crippen LogP contribution is 2.28. The molecule has 0 atom stereocenters. The number of nitrogens with zero attached hydrogens (tertiary/aromatic N) is 5. The molecule has 1 saturated heterocycles. The zero-order valence-corrected chi connectivity index (χ0v) is 15.6. The Bertz CT molecular complexity index is 1010. The van der Waals surface area contributed by atoms with Gasteiger partial charge in [-0.3, -0.25) is 0 Å². The first-order valence-corrected chi connectivity index (χ1v) is 10.1. The highest BCUT2D eigenvalue weighted by atomic mass is 32.2. The zero-order valence-electron chi connectivity index (χ0n) is 14.8. The number of hydrogen-bond acceptors (Lipinski definition) is 6. The van der Waals surface area contributed by atoms with Crippen LogP contribution in [0.4, 0.5) is 0 Å². The lowest BCUT2D eigenvalue weighted by atomic mass is 10.1. The van der Waals surface area contributed by atoms with Gasteiger partial charge in [0, 0.05) is 24.8 Å². The predicted octanol–water partition coefficient (Wildman–Crippen LogP) is 1.98. The van der Waals surface area contributed by atoms with Gasteiger partial charge in [0.15, 0.2) is 5.03 Å². The molecular weight excluding hydrogens is 366 g/mol. The van der Waals surface area contributed by atoms with Crippen LogP contribution in [0.1, 0.15) is 13.0 Å². The molecule has 0 saturated carbocycles. The summed E-state index contributed by atoms with van der Waals surface area (Å²) in [6.07, 6.45) is 3.32. The molecule has 0 radical (unpaired) electrons. The van der Waals surface area contributed by atoms with Gasteiger partial charge in [0.25, 0.3) is 10.0 Å². The topological polar surface area (TPSA) is 90.2 Å².